The number of likely N-dealkylation sites (tertiary alicyclic amines) is 1. The number of aromatic nitrogens is 1. The summed E-state index contributed by atoms with van der Waals surface area (Å²) in [6.07, 6.45) is -0.972. The number of hydrogen-bond acceptors (Lipinski definition) is 12. The zero-order valence-electron chi connectivity index (χ0n) is 41.7. The first-order valence-electron chi connectivity index (χ1n) is 24.0. The second kappa shape index (κ2) is 21.4. The number of thiazole rings is 1. The van der Waals surface area contributed by atoms with Crippen LogP contribution in [0.5, 0.6) is 11.5 Å². The van der Waals surface area contributed by atoms with Gasteiger partial charge in [0.25, 0.3) is 5.91 Å². The summed E-state index contributed by atoms with van der Waals surface area (Å²) in [5.74, 6) is 0.0173. The number of hydrogen-bond donors (Lipinski definition) is 4. The standard InChI is InChI=1S/C53H67ClN8O7S/c1-32(34-10-12-35(13-11-34)44-33(2)56-31-70-44)57-47(66)42-26-38(63)29-62(42)48(67)45(51(3,4)5)58-43(64)30-61-22-20-60(21-23-61)24-25-68-39-17-14-36(15-18-39)46(65)59-49-52(6,7)50(53(49,8)9)69-40-19-16-37(28-55)41(54)27-40/h10-19,27,31-32,38,42,45,49-50,63H,20-26,29-30H2,1-9H3,(H,57,66)(H,58,64)(H,59,65)/t32-,38+,42-,45+,49?,50?/m0/s1. The number of nitrogens with zero attached hydrogens (tertiary/aromatic N) is 5. The van der Waals surface area contributed by atoms with E-state index in [1.165, 1.54) is 4.90 Å². The second-order valence-electron chi connectivity index (χ2n) is 21.2. The molecule has 4 amide bonds. The number of halogens is 1. The van der Waals surface area contributed by atoms with E-state index in [0.717, 1.165) is 34.8 Å². The molecule has 2 aliphatic heterocycles. The molecular weight excluding hydrogens is 928 g/mol. The molecule has 7 rings (SSSR count). The molecule has 1 aromatic heterocycles. The Morgan fingerprint density at radius 2 is 1.59 bits per heavy atom. The lowest BCUT2D eigenvalue weighted by Crippen LogP contribution is -2.74. The molecule has 374 valence electrons. The van der Waals surface area contributed by atoms with Crippen LogP contribution >= 0.6 is 22.9 Å². The van der Waals surface area contributed by atoms with Crippen molar-refractivity contribution >= 4 is 46.6 Å². The van der Waals surface area contributed by atoms with Gasteiger partial charge in [0.05, 0.1) is 45.4 Å². The third kappa shape index (κ3) is 11.8. The first-order chi connectivity index (χ1) is 33.1. The predicted octanol–water partition coefficient (Wildman–Crippen LogP) is 6.62. The van der Waals surface area contributed by atoms with Gasteiger partial charge in [-0.3, -0.25) is 29.0 Å². The number of nitriles is 1. The van der Waals surface area contributed by atoms with Crippen molar-refractivity contribution in [3.05, 3.63) is 99.6 Å². The largest absolute Gasteiger partial charge is 0.492 e. The van der Waals surface area contributed by atoms with Crippen LogP contribution in [0.4, 0.5) is 0 Å². The minimum Gasteiger partial charge on any atom is -0.492 e. The highest BCUT2D eigenvalue weighted by molar-refractivity contribution is 7.13. The number of aliphatic hydroxyl groups is 1. The van der Waals surface area contributed by atoms with Crippen LogP contribution in [0.1, 0.15) is 95.0 Å². The molecule has 0 radical (unpaired) electrons. The molecule has 3 heterocycles. The van der Waals surface area contributed by atoms with Gasteiger partial charge in [0.15, 0.2) is 0 Å². The van der Waals surface area contributed by atoms with E-state index in [1.807, 2.05) is 64.4 Å². The molecule has 15 nitrogen and oxygen atoms in total. The van der Waals surface area contributed by atoms with Crippen molar-refractivity contribution in [1.82, 2.24) is 35.6 Å². The normalized spacial score (nSPS) is 21.9. The number of carbonyl (C=O) groups excluding carboxylic acids is 4. The molecule has 0 bridgehead atoms. The molecule has 0 unspecified atom stereocenters. The summed E-state index contributed by atoms with van der Waals surface area (Å²) in [5.41, 5.74) is 4.20. The van der Waals surface area contributed by atoms with Gasteiger partial charge in [-0.1, -0.05) is 84.3 Å². The second-order valence-corrected chi connectivity index (χ2v) is 22.4. The van der Waals surface area contributed by atoms with Gasteiger partial charge in [0.1, 0.15) is 42.4 Å². The number of rotatable bonds is 16. The summed E-state index contributed by atoms with van der Waals surface area (Å²) in [4.78, 5) is 66.2. The van der Waals surface area contributed by atoms with Crippen molar-refractivity contribution in [2.75, 3.05) is 52.4 Å². The first-order valence-corrected chi connectivity index (χ1v) is 25.3. The monoisotopic (exact) mass is 994 g/mol. The number of ether oxygens (including phenoxy) is 2. The maximum atomic E-state index is 14.2. The smallest absolute Gasteiger partial charge is 0.251 e. The van der Waals surface area contributed by atoms with Crippen molar-refractivity contribution in [2.45, 2.75) is 105 Å². The molecule has 3 aromatic carbocycles. The molecule has 17 heteroatoms. The van der Waals surface area contributed by atoms with Crippen LogP contribution < -0.4 is 25.4 Å². The summed E-state index contributed by atoms with van der Waals surface area (Å²) < 4.78 is 12.4. The van der Waals surface area contributed by atoms with Crippen molar-refractivity contribution in [1.29, 1.82) is 5.26 Å². The number of nitrogens with one attached hydrogen (secondary N) is 3. The fourth-order valence-electron chi connectivity index (χ4n) is 10.4. The SMILES string of the molecule is Cc1ncsc1-c1ccc([C@H](C)NC(=O)[C@@H]2C[C@@H](O)CN2C(=O)[C@@H](NC(=O)CN2CCN(CCOc3ccc(C(=O)NC4C(C)(C)C(Oc5ccc(C#N)c(Cl)c5)C4(C)C)cc3)CC2)C(C)(C)C)cc1. The van der Waals surface area contributed by atoms with Gasteiger partial charge >= 0.3 is 0 Å². The highest BCUT2D eigenvalue weighted by Gasteiger charge is 2.64. The van der Waals surface area contributed by atoms with Gasteiger partial charge in [-0.25, -0.2) is 4.98 Å². The zero-order valence-corrected chi connectivity index (χ0v) is 43.2. The molecule has 3 fully saturated rings. The van der Waals surface area contributed by atoms with Gasteiger partial charge in [-0.15, -0.1) is 11.3 Å². The van der Waals surface area contributed by atoms with Crippen molar-refractivity contribution in [2.24, 2.45) is 16.2 Å². The van der Waals surface area contributed by atoms with E-state index < -0.39 is 29.5 Å². The van der Waals surface area contributed by atoms with Crippen LogP contribution in [0, 0.1) is 34.5 Å². The Kier molecular flexibility index (Phi) is 16.0. The van der Waals surface area contributed by atoms with Gasteiger partial charge in [-0.2, -0.15) is 5.26 Å². The van der Waals surface area contributed by atoms with E-state index in [1.54, 1.807) is 53.8 Å². The zero-order chi connectivity index (χ0) is 50.7. The highest BCUT2D eigenvalue weighted by Crippen LogP contribution is 2.55. The Balaban J connectivity index is 0.833. The quantitative estimate of drug-likeness (QED) is 0.0945. The van der Waals surface area contributed by atoms with E-state index in [2.05, 4.69) is 64.5 Å². The molecule has 4 aromatic rings. The lowest BCUT2D eigenvalue weighted by atomic mass is 9.49. The Morgan fingerprint density at radius 3 is 2.19 bits per heavy atom. The third-order valence-electron chi connectivity index (χ3n) is 14.1. The lowest BCUT2D eigenvalue weighted by Gasteiger charge is -2.63. The fourth-order valence-corrected chi connectivity index (χ4v) is 11.4. The molecule has 0 spiro atoms. The number of amides is 4. The third-order valence-corrected chi connectivity index (χ3v) is 15.4. The van der Waals surface area contributed by atoms with Crippen LogP contribution in [0.3, 0.4) is 0 Å². The Bertz CT molecular complexity index is 2550. The molecule has 70 heavy (non-hydrogen) atoms. The summed E-state index contributed by atoms with van der Waals surface area (Å²) in [7, 11) is 0. The van der Waals surface area contributed by atoms with Crippen LogP contribution in [0.2, 0.25) is 5.02 Å². The Hall–Kier alpha value is -5.57. The minimum absolute atomic E-state index is 0.000718. The number of aliphatic hydroxyl groups excluding tert-OH is 1. The van der Waals surface area contributed by atoms with E-state index in [4.69, 9.17) is 21.1 Å². The molecule has 4 N–H and O–H groups in total. The Morgan fingerprint density at radius 1 is 0.943 bits per heavy atom. The van der Waals surface area contributed by atoms with E-state index in [0.29, 0.717) is 53.9 Å². The summed E-state index contributed by atoms with van der Waals surface area (Å²) in [6, 6.07) is 19.9. The van der Waals surface area contributed by atoms with Crippen molar-refractivity contribution in [3.63, 3.8) is 0 Å². The summed E-state index contributed by atoms with van der Waals surface area (Å²) in [5, 5.41) is 29.5. The number of β-amino-alcohol motifs (C(OH)–C–C–N with tert-alkyl or cyclic N) is 1. The molecule has 1 saturated carbocycles. The van der Waals surface area contributed by atoms with Gasteiger partial charge < -0.3 is 35.4 Å². The molecule has 1 aliphatic carbocycles. The van der Waals surface area contributed by atoms with Crippen LogP contribution in [0.25, 0.3) is 10.4 Å². The predicted molar refractivity (Wildman–Crippen MR) is 271 cm³/mol. The minimum atomic E-state index is -0.916. The van der Waals surface area contributed by atoms with Crippen molar-refractivity contribution in [3.8, 4) is 28.0 Å². The van der Waals surface area contributed by atoms with E-state index in [-0.39, 0.29) is 66.2 Å². The van der Waals surface area contributed by atoms with E-state index >= 15 is 0 Å². The topological polar surface area (TPSA) is 189 Å². The molecule has 4 atom stereocenters. The number of aryl methyl sites for hydroxylation is 1. The van der Waals surface area contributed by atoms with Crippen LogP contribution in [0.15, 0.2) is 72.2 Å². The molecular formula is C53H67ClN8O7S. The average Bonchev–Trinajstić information content (AvgIpc) is 3.94. The van der Waals surface area contributed by atoms with Crippen LogP contribution in [-0.2, 0) is 14.4 Å². The van der Waals surface area contributed by atoms with Gasteiger partial charge in [0, 0.05) is 74.2 Å². The number of benzene rings is 3. The first kappa shape index (κ1) is 52.3. The maximum absolute atomic E-state index is 14.2. The number of piperazine rings is 1. The summed E-state index contributed by atoms with van der Waals surface area (Å²) in [6.45, 7) is 21.8. The number of carbonyl (C=O) groups is 4. The highest BCUT2D eigenvalue weighted by atomic mass is 35.5. The van der Waals surface area contributed by atoms with Gasteiger partial charge in [0.2, 0.25) is 17.7 Å². The lowest BCUT2D eigenvalue weighted by molar-refractivity contribution is -0.164. The van der Waals surface area contributed by atoms with E-state index in [9.17, 15) is 29.5 Å². The average molecular weight is 996 g/mol. The molecule has 3 aliphatic rings. The fraction of sp³-hybridized carbons (Fsp3) is 0.509. The van der Waals surface area contributed by atoms with Gasteiger partial charge in [-0.05, 0) is 66.8 Å². The summed E-state index contributed by atoms with van der Waals surface area (Å²) >= 11 is 7.83. The van der Waals surface area contributed by atoms with Crippen LogP contribution in [-0.4, -0.2) is 131 Å². The molecule has 2 saturated heterocycles. The van der Waals surface area contributed by atoms with Crippen molar-refractivity contribution < 1.29 is 33.8 Å². The Labute approximate surface area is 420 Å². The maximum Gasteiger partial charge on any atom is 0.251 e.